The molecule has 1 aliphatic rings. The van der Waals surface area contributed by atoms with Crippen molar-refractivity contribution >= 4 is 5.82 Å². The van der Waals surface area contributed by atoms with Crippen molar-refractivity contribution in [3.05, 3.63) is 18.1 Å². The SMILES string of the molecule is CC(C)(C)CCN1CCN(c2nccnc2C#N)CC1. The van der Waals surface area contributed by atoms with Gasteiger partial charge in [-0.1, -0.05) is 20.8 Å². The van der Waals surface area contributed by atoms with Crippen molar-refractivity contribution in [2.75, 3.05) is 37.6 Å². The van der Waals surface area contributed by atoms with E-state index in [4.69, 9.17) is 5.26 Å². The number of nitriles is 1. The second kappa shape index (κ2) is 6.19. The summed E-state index contributed by atoms with van der Waals surface area (Å²) in [5.74, 6) is 0.727. The van der Waals surface area contributed by atoms with Crippen LogP contribution in [0.5, 0.6) is 0 Å². The molecule has 2 rings (SSSR count). The van der Waals surface area contributed by atoms with Gasteiger partial charge in [-0.2, -0.15) is 5.26 Å². The minimum atomic E-state index is 0.385. The van der Waals surface area contributed by atoms with E-state index in [0.717, 1.165) is 38.5 Å². The van der Waals surface area contributed by atoms with Crippen molar-refractivity contribution in [1.82, 2.24) is 14.9 Å². The Labute approximate surface area is 121 Å². The van der Waals surface area contributed by atoms with Crippen molar-refractivity contribution < 1.29 is 0 Å². The van der Waals surface area contributed by atoms with Gasteiger partial charge in [0.15, 0.2) is 11.5 Å². The first-order chi connectivity index (χ1) is 9.49. The smallest absolute Gasteiger partial charge is 0.183 e. The Bertz CT molecular complexity index is 478. The van der Waals surface area contributed by atoms with Crippen molar-refractivity contribution in [2.24, 2.45) is 5.41 Å². The molecule has 2 heterocycles. The van der Waals surface area contributed by atoms with E-state index in [1.54, 1.807) is 12.4 Å². The Balaban J connectivity index is 1.90. The molecule has 1 aromatic heterocycles. The maximum atomic E-state index is 9.09. The molecule has 1 aliphatic heterocycles. The molecule has 0 aliphatic carbocycles. The molecule has 0 bridgehead atoms. The number of anilines is 1. The van der Waals surface area contributed by atoms with Crippen LogP contribution in [0.25, 0.3) is 0 Å². The van der Waals surface area contributed by atoms with E-state index in [0.29, 0.717) is 11.1 Å². The van der Waals surface area contributed by atoms with Gasteiger partial charge in [0.25, 0.3) is 0 Å². The van der Waals surface area contributed by atoms with Gasteiger partial charge in [0.1, 0.15) is 6.07 Å². The second-order valence-electron chi connectivity index (χ2n) is 6.48. The van der Waals surface area contributed by atoms with Crippen LogP contribution in [-0.4, -0.2) is 47.6 Å². The Kier molecular flexibility index (Phi) is 4.56. The molecule has 0 saturated carbocycles. The Hall–Kier alpha value is -1.67. The third-order valence-electron chi connectivity index (χ3n) is 3.63. The number of piperazine rings is 1. The monoisotopic (exact) mass is 273 g/mol. The number of nitrogens with zero attached hydrogens (tertiary/aromatic N) is 5. The highest BCUT2D eigenvalue weighted by Crippen LogP contribution is 2.20. The molecule has 0 spiro atoms. The predicted molar refractivity (Wildman–Crippen MR) is 79.5 cm³/mol. The molecular weight excluding hydrogens is 250 g/mol. The van der Waals surface area contributed by atoms with Crippen molar-refractivity contribution in [3.63, 3.8) is 0 Å². The molecule has 1 saturated heterocycles. The molecule has 5 nitrogen and oxygen atoms in total. The molecule has 0 unspecified atom stereocenters. The minimum absolute atomic E-state index is 0.385. The van der Waals surface area contributed by atoms with Gasteiger partial charge in [-0.15, -0.1) is 0 Å². The zero-order valence-corrected chi connectivity index (χ0v) is 12.6. The molecule has 0 atom stereocenters. The third-order valence-corrected chi connectivity index (χ3v) is 3.63. The number of aromatic nitrogens is 2. The highest BCUT2D eigenvalue weighted by atomic mass is 15.3. The van der Waals surface area contributed by atoms with Crippen LogP contribution in [-0.2, 0) is 0 Å². The fourth-order valence-electron chi connectivity index (χ4n) is 2.32. The minimum Gasteiger partial charge on any atom is -0.352 e. The number of rotatable bonds is 3. The van der Waals surface area contributed by atoms with Crippen molar-refractivity contribution in [2.45, 2.75) is 27.2 Å². The van der Waals surface area contributed by atoms with Gasteiger partial charge in [-0.3, -0.25) is 4.90 Å². The van der Waals surface area contributed by atoms with E-state index in [-0.39, 0.29) is 0 Å². The lowest BCUT2D eigenvalue weighted by Gasteiger charge is -2.36. The Morgan fingerprint density at radius 1 is 1.15 bits per heavy atom. The summed E-state index contributed by atoms with van der Waals surface area (Å²) in [6.07, 6.45) is 4.44. The van der Waals surface area contributed by atoms with Crippen LogP contribution in [0.1, 0.15) is 32.9 Å². The van der Waals surface area contributed by atoms with Crippen LogP contribution >= 0.6 is 0 Å². The van der Waals surface area contributed by atoms with Gasteiger partial charge >= 0.3 is 0 Å². The van der Waals surface area contributed by atoms with Crippen molar-refractivity contribution in [3.8, 4) is 6.07 Å². The molecule has 108 valence electrons. The summed E-state index contributed by atoms with van der Waals surface area (Å²) in [5.41, 5.74) is 0.811. The number of hydrogen-bond donors (Lipinski definition) is 0. The molecular formula is C15H23N5. The molecule has 0 radical (unpaired) electrons. The summed E-state index contributed by atoms with van der Waals surface area (Å²) >= 11 is 0. The summed E-state index contributed by atoms with van der Waals surface area (Å²) < 4.78 is 0. The lowest BCUT2D eigenvalue weighted by molar-refractivity contribution is 0.217. The van der Waals surface area contributed by atoms with Crippen LogP contribution in [0, 0.1) is 16.7 Å². The maximum Gasteiger partial charge on any atom is 0.183 e. The van der Waals surface area contributed by atoms with E-state index in [2.05, 4.69) is 46.6 Å². The summed E-state index contributed by atoms with van der Waals surface area (Å²) in [7, 11) is 0. The molecule has 1 fully saturated rings. The first kappa shape index (κ1) is 14.7. The molecule has 0 aromatic carbocycles. The van der Waals surface area contributed by atoms with Crippen molar-refractivity contribution in [1.29, 1.82) is 5.26 Å². The largest absolute Gasteiger partial charge is 0.352 e. The third kappa shape index (κ3) is 3.91. The Morgan fingerprint density at radius 2 is 1.80 bits per heavy atom. The second-order valence-corrected chi connectivity index (χ2v) is 6.48. The molecule has 0 amide bonds. The van der Waals surface area contributed by atoms with Crippen LogP contribution in [0.2, 0.25) is 0 Å². The highest BCUT2D eigenvalue weighted by molar-refractivity contribution is 5.49. The van der Waals surface area contributed by atoms with Gasteiger partial charge in [0.05, 0.1) is 0 Å². The van der Waals surface area contributed by atoms with Gasteiger partial charge in [-0.25, -0.2) is 9.97 Å². The van der Waals surface area contributed by atoms with E-state index >= 15 is 0 Å². The average Bonchev–Trinajstić information content (AvgIpc) is 2.45. The predicted octanol–water partition coefficient (Wildman–Crippen LogP) is 1.91. The first-order valence-electron chi connectivity index (χ1n) is 7.18. The lowest BCUT2D eigenvalue weighted by atomic mass is 9.92. The lowest BCUT2D eigenvalue weighted by Crippen LogP contribution is -2.47. The summed E-state index contributed by atoms with van der Waals surface area (Å²) in [6, 6.07) is 2.12. The zero-order chi connectivity index (χ0) is 14.6. The normalized spacial score (nSPS) is 17.0. The fourth-order valence-corrected chi connectivity index (χ4v) is 2.32. The summed E-state index contributed by atoms with van der Waals surface area (Å²) in [5, 5.41) is 9.09. The standard InChI is InChI=1S/C15H23N5/c1-15(2,3)4-7-19-8-10-20(11-9-19)14-13(12-16)17-5-6-18-14/h5-6H,4,7-11H2,1-3H3. The maximum absolute atomic E-state index is 9.09. The quantitative estimate of drug-likeness (QED) is 0.842. The Morgan fingerprint density at radius 3 is 2.40 bits per heavy atom. The van der Waals surface area contributed by atoms with Crippen LogP contribution in [0.4, 0.5) is 5.82 Å². The van der Waals surface area contributed by atoms with E-state index in [1.165, 1.54) is 6.42 Å². The zero-order valence-electron chi connectivity index (χ0n) is 12.6. The number of hydrogen-bond acceptors (Lipinski definition) is 5. The first-order valence-corrected chi connectivity index (χ1v) is 7.18. The molecule has 0 N–H and O–H groups in total. The average molecular weight is 273 g/mol. The fraction of sp³-hybridized carbons (Fsp3) is 0.667. The molecule has 20 heavy (non-hydrogen) atoms. The van der Waals surface area contributed by atoms with Gasteiger partial charge in [0.2, 0.25) is 0 Å². The van der Waals surface area contributed by atoms with Gasteiger partial charge < -0.3 is 4.90 Å². The highest BCUT2D eigenvalue weighted by Gasteiger charge is 2.21. The summed E-state index contributed by atoms with van der Waals surface area (Å²) in [4.78, 5) is 13.0. The summed E-state index contributed by atoms with van der Waals surface area (Å²) in [6.45, 7) is 11.9. The van der Waals surface area contributed by atoms with Crippen LogP contribution in [0.3, 0.4) is 0 Å². The van der Waals surface area contributed by atoms with Gasteiger partial charge in [0, 0.05) is 38.6 Å². The van der Waals surface area contributed by atoms with Gasteiger partial charge in [-0.05, 0) is 18.4 Å². The van der Waals surface area contributed by atoms with E-state index in [1.807, 2.05) is 0 Å². The van der Waals surface area contributed by atoms with Crippen LogP contribution in [0.15, 0.2) is 12.4 Å². The van der Waals surface area contributed by atoms with E-state index in [9.17, 15) is 0 Å². The molecule has 5 heteroatoms. The van der Waals surface area contributed by atoms with Crippen LogP contribution < -0.4 is 4.90 Å². The topological polar surface area (TPSA) is 56.1 Å². The van der Waals surface area contributed by atoms with E-state index < -0.39 is 0 Å². The molecule has 1 aromatic rings.